The highest BCUT2D eigenvalue weighted by Crippen LogP contribution is 2.21. The summed E-state index contributed by atoms with van der Waals surface area (Å²) >= 11 is 3.12. The van der Waals surface area contributed by atoms with Crippen molar-refractivity contribution in [3.63, 3.8) is 0 Å². The third-order valence-corrected chi connectivity index (χ3v) is 6.48. The van der Waals surface area contributed by atoms with Gasteiger partial charge in [0.2, 0.25) is 11.8 Å². The molecule has 1 fully saturated rings. The van der Waals surface area contributed by atoms with Crippen molar-refractivity contribution in [3.05, 3.63) is 40.9 Å². The van der Waals surface area contributed by atoms with Gasteiger partial charge in [-0.2, -0.15) is 0 Å². The van der Waals surface area contributed by atoms with E-state index in [0.717, 1.165) is 34.6 Å². The van der Waals surface area contributed by atoms with Crippen LogP contribution >= 0.6 is 23.1 Å². The second kappa shape index (κ2) is 10.5. The van der Waals surface area contributed by atoms with Crippen LogP contribution < -0.4 is 10.6 Å². The number of thioether (sulfide) groups is 1. The van der Waals surface area contributed by atoms with E-state index in [4.69, 9.17) is 0 Å². The highest BCUT2D eigenvalue weighted by atomic mass is 32.2. The van der Waals surface area contributed by atoms with Crippen molar-refractivity contribution in [1.82, 2.24) is 25.7 Å². The van der Waals surface area contributed by atoms with Crippen molar-refractivity contribution in [1.29, 1.82) is 0 Å². The minimum Gasteiger partial charge on any atom is -0.355 e. The molecule has 0 radical (unpaired) electrons. The van der Waals surface area contributed by atoms with Gasteiger partial charge in [-0.05, 0) is 18.9 Å². The molecule has 0 saturated carbocycles. The van der Waals surface area contributed by atoms with Gasteiger partial charge in [-0.3, -0.25) is 14.5 Å². The van der Waals surface area contributed by atoms with E-state index in [0.29, 0.717) is 13.1 Å². The molecule has 7 nitrogen and oxygen atoms in total. The Bertz CT molecular complexity index is 784. The lowest BCUT2D eigenvalue weighted by Gasteiger charge is -2.34. The zero-order valence-corrected chi connectivity index (χ0v) is 17.5. The smallest absolute Gasteiger partial charge is 0.237 e. The van der Waals surface area contributed by atoms with E-state index in [2.05, 4.69) is 37.9 Å². The normalized spacial score (nSPS) is 17.3. The number of hydrogen-bond donors (Lipinski definition) is 2. The van der Waals surface area contributed by atoms with E-state index in [1.165, 1.54) is 5.56 Å². The Labute approximate surface area is 173 Å². The first-order chi connectivity index (χ1) is 13.6. The fourth-order valence-corrected chi connectivity index (χ4v) is 4.82. The van der Waals surface area contributed by atoms with Gasteiger partial charge < -0.3 is 10.6 Å². The van der Waals surface area contributed by atoms with Crippen LogP contribution in [0.4, 0.5) is 0 Å². The molecule has 2 N–H and O–H groups in total. The molecule has 0 bridgehead atoms. The topological polar surface area (TPSA) is 87.2 Å². The Kier molecular flexibility index (Phi) is 7.81. The second-order valence-electron chi connectivity index (χ2n) is 6.57. The van der Waals surface area contributed by atoms with Crippen molar-refractivity contribution >= 4 is 34.9 Å². The molecule has 1 aliphatic rings. The largest absolute Gasteiger partial charge is 0.355 e. The van der Waals surface area contributed by atoms with E-state index in [1.54, 1.807) is 23.1 Å². The summed E-state index contributed by atoms with van der Waals surface area (Å²) in [5, 5.41) is 14.8. The molecule has 9 heteroatoms. The van der Waals surface area contributed by atoms with E-state index < -0.39 is 6.04 Å². The van der Waals surface area contributed by atoms with Gasteiger partial charge >= 0.3 is 0 Å². The summed E-state index contributed by atoms with van der Waals surface area (Å²) in [7, 11) is 0. The van der Waals surface area contributed by atoms with E-state index >= 15 is 0 Å². The SMILES string of the molecule is Cc1nnc(SCCNC(=O)C[C@H]2C(=O)NCCN2CCc2ccccc2)s1. The molecule has 2 aromatic rings. The van der Waals surface area contributed by atoms with Crippen LogP contribution in [0, 0.1) is 6.92 Å². The van der Waals surface area contributed by atoms with Crippen LogP contribution in [0.5, 0.6) is 0 Å². The Hall–Kier alpha value is -1.97. The standard InChI is InChI=1S/C19H25N5O2S2/c1-14-22-23-19(28-14)27-12-9-20-17(25)13-16-18(26)21-8-11-24(16)10-7-15-5-3-2-4-6-15/h2-6,16H,7-13H2,1H3,(H,20,25)(H,21,26)/t16-/m0/s1. The van der Waals surface area contributed by atoms with Gasteiger partial charge in [0.25, 0.3) is 0 Å². The van der Waals surface area contributed by atoms with Crippen LogP contribution in [0.25, 0.3) is 0 Å². The van der Waals surface area contributed by atoms with E-state index in [-0.39, 0.29) is 18.2 Å². The van der Waals surface area contributed by atoms with Gasteiger partial charge in [-0.15, -0.1) is 10.2 Å². The second-order valence-corrected chi connectivity index (χ2v) is 9.09. The highest BCUT2D eigenvalue weighted by Gasteiger charge is 2.31. The molecule has 1 aromatic heterocycles. The summed E-state index contributed by atoms with van der Waals surface area (Å²) in [5.74, 6) is 0.573. The molecule has 0 spiro atoms. The first-order valence-electron chi connectivity index (χ1n) is 9.37. The van der Waals surface area contributed by atoms with Crippen LogP contribution in [0.15, 0.2) is 34.7 Å². The summed E-state index contributed by atoms with van der Waals surface area (Å²) in [4.78, 5) is 26.8. The predicted octanol–water partition coefficient (Wildman–Crippen LogP) is 1.49. The van der Waals surface area contributed by atoms with Crippen LogP contribution in [0.1, 0.15) is 17.0 Å². The fourth-order valence-electron chi connectivity index (χ4n) is 3.08. The van der Waals surface area contributed by atoms with Crippen molar-refractivity contribution in [3.8, 4) is 0 Å². The van der Waals surface area contributed by atoms with Crippen LogP contribution in [-0.2, 0) is 16.0 Å². The number of aromatic nitrogens is 2. The summed E-state index contributed by atoms with van der Waals surface area (Å²) in [6.07, 6.45) is 1.05. The van der Waals surface area contributed by atoms with Crippen molar-refractivity contribution in [2.45, 2.75) is 30.1 Å². The summed E-state index contributed by atoms with van der Waals surface area (Å²) in [5.41, 5.74) is 1.24. The number of amides is 2. The molecule has 2 amide bonds. The van der Waals surface area contributed by atoms with Crippen molar-refractivity contribution < 1.29 is 9.59 Å². The maximum absolute atomic E-state index is 12.3. The lowest BCUT2D eigenvalue weighted by molar-refractivity contribution is -0.133. The lowest BCUT2D eigenvalue weighted by Crippen LogP contribution is -2.57. The summed E-state index contributed by atoms with van der Waals surface area (Å²) in [6.45, 7) is 4.62. The Morgan fingerprint density at radius 3 is 2.93 bits per heavy atom. The highest BCUT2D eigenvalue weighted by molar-refractivity contribution is 8.01. The minimum absolute atomic E-state index is 0.0619. The van der Waals surface area contributed by atoms with E-state index in [1.807, 2.05) is 25.1 Å². The summed E-state index contributed by atoms with van der Waals surface area (Å²) < 4.78 is 0.908. The van der Waals surface area contributed by atoms with Gasteiger partial charge in [-0.25, -0.2) is 0 Å². The van der Waals surface area contributed by atoms with Crippen LogP contribution in [0.3, 0.4) is 0 Å². The van der Waals surface area contributed by atoms with Gasteiger partial charge in [0.1, 0.15) is 5.01 Å². The summed E-state index contributed by atoms with van der Waals surface area (Å²) in [6, 6.07) is 9.80. The zero-order chi connectivity index (χ0) is 19.8. The lowest BCUT2D eigenvalue weighted by atomic mass is 10.1. The molecular weight excluding hydrogens is 394 g/mol. The minimum atomic E-state index is -0.407. The third-order valence-electron chi connectivity index (χ3n) is 4.51. The number of piperazine rings is 1. The Morgan fingerprint density at radius 2 is 2.18 bits per heavy atom. The third kappa shape index (κ3) is 6.29. The maximum atomic E-state index is 12.3. The van der Waals surface area contributed by atoms with Crippen molar-refractivity contribution in [2.24, 2.45) is 0 Å². The first-order valence-corrected chi connectivity index (χ1v) is 11.2. The maximum Gasteiger partial charge on any atom is 0.237 e. The van der Waals surface area contributed by atoms with Crippen molar-refractivity contribution in [2.75, 3.05) is 31.9 Å². The number of hydrogen-bond acceptors (Lipinski definition) is 7. The molecule has 1 aliphatic heterocycles. The number of nitrogens with zero attached hydrogens (tertiary/aromatic N) is 3. The van der Waals surface area contributed by atoms with Crippen LogP contribution in [-0.4, -0.2) is 64.9 Å². The number of rotatable bonds is 9. The molecule has 0 aliphatic carbocycles. The molecule has 28 heavy (non-hydrogen) atoms. The number of nitrogens with one attached hydrogen (secondary N) is 2. The molecule has 150 valence electrons. The first kappa shape index (κ1) is 20.8. The Morgan fingerprint density at radius 1 is 1.36 bits per heavy atom. The fraction of sp³-hybridized carbons (Fsp3) is 0.474. The molecule has 1 aromatic carbocycles. The predicted molar refractivity (Wildman–Crippen MR) is 112 cm³/mol. The monoisotopic (exact) mass is 419 g/mol. The Balaban J connectivity index is 1.43. The molecule has 1 saturated heterocycles. The zero-order valence-electron chi connectivity index (χ0n) is 15.9. The quantitative estimate of drug-likeness (QED) is 0.473. The average Bonchev–Trinajstić information content (AvgIpc) is 3.12. The molecule has 3 rings (SSSR count). The number of carbonyl (C=O) groups excluding carboxylic acids is 2. The number of benzene rings is 1. The number of aryl methyl sites for hydroxylation is 1. The average molecular weight is 420 g/mol. The van der Waals surface area contributed by atoms with Gasteiger partial charge in [0.15, 0.2) is 4.34 Å². The molecule has 0 unspecified atom stereocenters. The van der Waals surface area contributed by atoms with Gasteiger partial charge in [0, 0.05) is 31.9 Å². The number of carbonyl (C=O) groups is 2. The molecule has 2 heterocycles. The molecule has 1 atom stereocenters. The van der Waals surface area contributed by atoms with Gasteiger partial charge in [0.05, 0.1) is 12.5 Å². The van der Waals surface area contributed by atoms with Crippen LogP contribution in [0.2, 0.25) is 0 Å². The van der Waals surface area contributed by atoms with E-state index in [9.17, 15) is 9.59 Å². The van der Waals surface area contributed by atoms with Gasteiger partial charge in [-0.1, -0.05) is 53.4 Å². The molecular formula is C19H25N5O2S2.